The van der Waals surface area contributed by atoms with Crippen LogP contribution in [-0.2, 0) is 10.8 Å². The van der Waals surface area contributed by atoms with Crippen molar-refractivity contribution in [2.45, 2.75) is 38.5 Å². The standard InChI is InChI=1S/C64H49N/c1-63(2)58-38-49(43-16-9-6-10-17-43)30-34-54(58)56-36-32-51(40-60(56)63)65(62-21-13-19-48-18-11-12-20-53(48)62)52-33-37-57-55-35-31-50(39-59(55)64(3,4)61(57)41-52)47-28-26-46(27-29-47)45-24-22-44(23-25-45)42-14-7-5-8-15-42/h5-41H,1-4H3. The molecular weight excluding hydrogens is 783 g/mol. The van der Waals surface area contributed by atoms with Crippen molar-refractivity contribution >= 4 is 27.8 Å². The highest BCUT2D eigenvalue weighted by atomic mass is 15.1. The topological polar surface area (TPSA) is 3.24 Å². The molecule has 0 aromatic heterocycles. The average molecular weight is 832 g/mol. The molecule has 10 aromatic rings. The molecule has 0 saturated heterocycles. The van der Waals surface area contributed by atoms with Crippen molar-refractivity contribution in [3.05, 3.63) is 247 Å². The van der Waals surface area contributed by atoms with Gasteiger partial charge in [-0.15, -0.1) is 0 Å². The van der Waals surface area contributed by atoms with E-state index in [9.17, 15) is 0 Å². The molecule has 0 fully saturated rings. The number of rotatable bonds is 7. The molecular formula is C64H49N. The average Bonchev–Trinajstić information content (AvgIpc) is 3.72. The van der Waals surface area contributed by atoms with Crippen LogP contribution < -0.4 is 4.90 Å². The second-order valence-electron chi connectivity index (χ2n) is 19.0. The second-order valence-corrected chi connectivity index (χ2v) is 19.0. The zero-order chi connectivity index (χ0) is 43.9. The van der Waals surface area contributed by atoms with Gasteiger partial charge in [-0.1, -0.05) is 210 Å². The quantitative estimate of drug-likeness (QED) is 0.155. The minimum atomic E-state index is -0.209. The third kappa shape index (κ3) is 6.37. The van der Waals surface area contributed by atoms with Gasteiger partial charge in [0.2, 0.25) is 0 Å². The van der Waals surface area contributed by atoms with Crippen LogP contribution >= 0.6 is 0 Å². The molecule has 2 aliphatic carbocycles. The van der Waals surface area contributed by atoms with E-state index >= 15 is 0 Å². The Morgan fingerprint density at radius 2 is 0.615 bits per heavy atom. The van der Waals surface area contributed by atoms with E-state index in [1.165, 1.54) is 105 Å². The zero-order valence-corrected chi connectivity index (χ0v) is 37.3. The van der Waals surface area contributed by atoms with Crippen LogP contribution in [0, 0.1) is 0 Å². The van der Waals surface area contributed by atoms with Gasteiger partial charge in [0.25, 0.3) is 0 Å². The molecule has 10 aromatic carbocycles. The molecule has 0 saturated carbocycles. The predicted octanol–water partition coefficient (Wildman–Crippen LogP) is 17.6. The van der Waals surface area contributed by atoms with Crippen molar-refractivity contribution in [2.24, 2.45) is 0 Å². The summed E-state index contributed by atoms with van der Waals surface area (Å²) in [5.41, 5.74) is 23.7. The van der Waals surface area contributed by atoms with Crippen LogP contribution in [0.5, 0.6) is 0 Å². The molecule has 2 aliphatic rings. The van der Waals surface area contributed by atoms with Crippen molar-refractivity contribution in [1.82, 2.24) is 0 Å². The highest BCUT2D eigenvalue weighted by Crippen LogP contribution is 2.54. The summed E-state index contributed by atoms with van der Waals surface area (Å²) in [5.74, 6) is 0. The van der Waals surface area contributed by atoms with Crippen LogP contribution in [0.3, 0.4) is 0 Å². The van der Waals surface area contributed by atoms with E-state index in [2.05, 4.69) is 257 Å². The van der Waals surface area contributed by atoms with E-state index in [-0.39, 0.29) is 10.8 Å². The molecule has 0 bridgehead atoms. The van der Waals surface area contributed by atoms with E-state index in [0.717, 1.165) is 11.4 Å². The first-order chi connectivity index (χ1) is 31.7. The lowest BCUT2D eigenvalue weighted by Crippen LogP contribution is -2.18. The van der Waals surface area contributed by atoms with Gasteiger partial charge < -0.3 is 4.90 Å². The number of fused-ring (bicyclic) bond motifs is 7. The van der Waals surface area contributed by atoms with Gasteiger partial charge in [0.15, 0.2) is 0 Å². The molecule has 1 nitrogen and oxygen atoms in total. The fraction of sp³-hybridized carbons (Fsp3) is 0.0938. The first-order valence-corrected chi connectivity index (χ1v) is 22.9. The molecule has 0 N–H and O–H groups in total. The molecule has 0 unspecified atom stereocenters. The summed E-state index contributed by atoms with van der Waals surface area (Å²) in [6.45, 7) is 9.57. The maximum absolute atomic E-state index is 2.50. The van der Waals surface area contributed by atoms with Crippen molar-refractivity contribution < 1.29 is 0 Å². The van der Waals surface area contributed by atoms with Crippen LogP contribution in [0.1, 0.15) is 49.9 Å². The summed E-state index contributed by atoms with van der Waals surface area (Å²) in [6.07, 6.45) is 0. The summed E-state index contributed by atoms with van der Waals surface area (Å²) >= 11 is 0. The van der Waals surface area contributed by atoms with E-state index in [0.29, 0.717) is 0 Å². The largest absolute Gasteiger partial charge is 0.310 e. The lowest BCUT2D eigenvalue weighted by atomic mass is 9.81. The monoisotopic (exact) mass is 831 g/mol. The molecule has 0 spiro atoms. The summed E-state index contributed by atoms with van der Waals surface area (Å²) in [4.78, 5) is 2.50. The Morgan fingerprint density at radius 1 is 0.277 bits per heavy atom. The summed E-state index contributed by atoms with van der Waals surface area (Å²) < 4.78 is 0. The van der Waals surface area contributed by atoms with Crippen molar-refractivity contribution in [3.63, 3.8) is 0 Å². The fourth-order valence-electron chi connectivity index (χ4n) is 10.9. The smallest absolute Gasteiger partial charge is 0.0540 e. The molecule has 0 aliphatic heterocycles. The number of hydrogen-bond acceptors (Lipinski definition) is 1. The Balaban J connectivity index is 0.905. The molecule has 65 heavy (non-hydrogen) atoms. The van der Waals surface area contributed by atoms with E-state index in [1.807, 2.05) is 0 Å². The van der Waals surface area contributed by atoms with Gasteiger partial charge in [-0.3, -0.25) is 0 Å². The van der Waals surface area contributed by atoms with Gasteiger partial charge in [-0.25, -0.2) is 0 Å². The first kappa shape index (κ1) is 38.9. The minimum Gasteiger partial charge on any atom is -0.310 e. The first-order valence-electron chi connectivity index (χ1n) is 22.9. The molecule has 0 atom stereocenters. The minimum absolute atomic E-state index is 0.177. The summed E-state index contributed by atoms with van der Waals surface area (Å²) in [5, 5.41) is 2.46. The molecule has 0 heterocycles. The van der Waals surface area contributed by atoms with Gasteiger partial charge in [-0.2, -0.15) is 0 Å². The van der Waals surface area contributed by atoms with Gasteiger partial charge in [0, 0.05) is 27.6 Å². The van der Waals surface area contributed by atoms with Crippen LogP contribution in [0.25, 0.3) is 77.5 Å². The van der Waals surface area contributed by atoms with Crippen molar-refractivity contribution in [3.8, 4) is 66.8 Å². The second kappa shape index (κ2) is 14.9. The van der Waals surface area contributed by atoms with Crippen molar-refractivity contribution in [1.29, 1.82) is 0 Å². The Morgan fingerprint density at radius 3 is 1.09 bits per heavy atom. The highest BCUT2D eigenvalue weighted by Gasteiger charge is 2.38. The summed E-state index contributed by atoms with van der Waals surface area (Å²) in [6, 6.07) is 83.2. The third-order valence-corrected chi connectivity index (χ3v) is 14.5. The number of nitrogens with zero attached hydrogens (tertiary/aromatic N) is 1. The number of hydrogen-bond donors (Lipinski definition) is 0. The van der Waals surface area contributed by atoms with Gasteiger partial charge in [0.05, 0.1) is 5.69 Å². The van der Waals surface area contributed by atoms with E-state index in [1.54, 1.807) is 0 Å². The molecule has 0 radical (unpaired) electrons. The van der Waals surface area contributed by atoms with Crippen LogP contribution in [0.2, 0.25) is 0 Å². The number of benzene rings is 10. The van der Waals surface area contributed by atoms with Crippen molar-refractivity contribution in [2.75, 3.05) is 4.90 Å². The maximum atomic E-state index is 2.50. The van der Waals surface area contributed by atoms with Crippen LogP contribution in [0.15, 0.2) is 224 Å². The summed E-state index contributed by atoms with van der Waals surface area (Å²) in [7, 11) is 0. The zero-order valence-electron chi connectivity index (χ0n) is 37.3. The van der Waals surface area contributed by atoms with Crippen LogP contribution in [0.4, 0.5) is 17.1 Å². The molecule has 310 valence electrons. The molecule has 1 heteroatoms. The number of anilines is 3. The lowest BCUT2D eigenvalue weighted by molar-refractivity contribution is 0.660. The van der Waals surface area contributed by atoms with Gasteiger partial charge in [-0.05, 0) is 137 Å². The van der Waals surface area contributed by atoms with E-state index < -0.39 is 0 Å². The normalized spacial score (nSPS) is 13.8. The maximum Gasteiger partial charge on any atom is 0.0540 e. The Hall–Kier alpha value is -7.74. The SMILES string of the molecule is CC1(C)c2cc(-c3ccccc3)ccc2-c2ccc(N(c3ccc4c(c3)C(C)(C)c3cc(-c5ccc(-c6ccc(-c7ccccc7)cc6)cc5)ccc3-4)c3cccc4ccccc34)cc21. The third-order valence-electron chi connectivity index (χ3n) is 14.5. The van der Waals surface area contributed by atoms with Gasteiger partial charge >= 0.3 is 0 Å². The van der Waals surface area contributed by atoms with Crippen LogP contribution in [-0.4, -0.2) is 0 Å². The Labute approximate surface area is 383 Å². The highest BCUT2D eigenvalue weighted by molar-refractivity contribution is 6.00. The van der Waals surface area contributed by atoms with Gasteiger partial charge in [0.1, 0.15) is 0 Å². The Bertz CT molecular complexity index is 3440. The fourth-order valence-corrected chi connectivity index (χ4v) is 10.9. The van der Waals surface area contributed by atoms with E-state index in [4.69, 9.17) is 0 Å². The molecule has 12 rings (SSSR count). The lowest BCUT2D eigenvalue weighted by Gasteiger charge is -2.30. The predicted molar refractivity (Wildman–Crippen MR) is 276 cm³/mol. The Kier molecular flexibility index (Phi) is 8.94. The molecule has 0 amide bonds.